The molecular formula is C39H55N7O3. The zero-order chi connectivity index (χ0) is 34.7. The molecule has 0 bridgehead atoms. The molecule has 10 nitrogen and oxygen atoms in total. The number of aromatic amines is 1. The maximum Gasteiger partial charge on any atom is 0.253 e. The van der Waals surface area contributed by atoms with E-state index in [9.17, 15) is 9.59 Å². The van der Waals surface area contributed by atoms with Gasteiger partial charge in [0.1, 0.15) is 5.82 Å². The van der Waals surface area contributed by atoms with Gasteiger partial charge in [0, 0.05) is 112 Å². The van der Waals surface area contributed by atoms with Gasteiger partial charge in [0.25, 0.3) is 11.5 Å². The van der Waals surface area contributed by atoms with E-state index in [2.05, 4.69) is 82.8 Å². The molecule has 6 rings (SSSR count). The van der Waals surface area contributed by atoms with Gasteiger partial charge in [0.15, 0.2) is 0 Å². The molecule has 3 aromatic rings. The lowest BCUT2D eigenvalue weighted by atomic mass is 9.93. The van der Waals surface area contributed by atoms with Gasteiger partial charge in [-0.05, 0) is 99.5 Å². The molecule has 3 aliphatic heterocycles. The first-order valence-electron chi connectivity index (χ1n) is 18.3. The van der Waals surface area contributed by atoms with E-state index in [-0.39, 0.29) is 18.0 Å². The standard InChI is InChI=1S/C39H55N7O3/c1-7-46(31-11-18-49-19-12-31)36-21-30(29-8-9-37(40-22-29)45-16-14-43(6)15-17-45)20-33(27(36)4)38(47)41-23-34-32-10-13-44(24-26(2)3)25-35(32)28(5)42-39(34)48/h8-9,20-22,26,31H,7,10-19,23-25H2,1-6H3,(H,41,47)(H,42,48). The van der Waals surface area contributed by atoms with Crippen molar-refractivity contribution in [1.29, 1.82) is 0 Å². The lowest BCUT2D eigenvalue weighted by Crippen LogP contribution is -2.44. The van der Waals surface area contributed by atoms with Crippen LogP contribution in [0, 0.1) is 19.8 Å². The summed E-state index contributed by atoms with van der Waals surface area (Å²) in [6, 6.07) is 8.79. The number of aromatic nitrogens is 2. The van der Waals surface area contributed by atoms with Crippen molar-refractivity contribution in [2.75, 3.05) is 75.9 Å². The first kappa shape index (κ1) is 35.1. The van der Waals surface area contributed by atoms with Gasteiger partial charge in [-0.25, -0.2) is 4.98 Å². The van der Waals surface area contributed by atoms with Gasteiger partial charge in [-0.15, -0.1) is 0 Å². The van der Waals surface area contributed by atoms with E-state index in [1.807, 2.05) is 19.2 Å². The van der Waals surface area contributed by atoms with Gasteiger partial charge >= 0.3 is 0 Å². The number of amides is 1. The summed E-state index contributed by atoms with van der Waals surface area (Å²) >= 11 is 0. The van der Waals surface area contributed by atoms with E-state index in [1.165, 1.54) is 5.56 Å². The normalized spacial score (nSPS) is 17.7. The van der Waals surface area contributed by atoms with Gasteiger partial charge in [-0.3, -0.25) is 14.5 Å². The number of carbonyl (C=O) groups excluding carboxylic acids is 1. The summed E-state index contributed by atoms with van der Waals surface area (Å²) in [5.74, 6) is 1.39. The van der Waals surface area contributed by atoms with Crippen LogP contribution in [0.1, 0.15) is 71.9 Å². The highest BCUT2D eigenvalue weighted by atomic mass is 16.5. The highest BCUT2D eigenvalue weighted by Crippen LogP contribution is 2.34. The number of rotatable bonds is 10. The van der Waals surface area contributed by atoms with Crippen molar-refractivity contribution in [2.24, 2.45) is 5.92 Å². The number of fused-ring (bicyclic) bond motifs is 1. The predicted molar refractivity (Wildman–Crippen MR) is 198 cm³/mol. The fourth-order valence-electron chi connectivity index (χ4n) is 7.88. The minimum atomic E-state index is -0.170. The van der Waals surface area contributed by atoms with Crippen molar-refractivity contribution in [3.63, 3.8) is 0 Å². The number of H-pyrrole nitrogens is 1. The van der Waals surface area contributed by atoms with E-state index in [1.54, 1.807) is 0 Å². The Morgan fingerprint density at radius 2 is 1.82 bits per heavy atom. The Morgan fingerprint density at radius 3 is 2.49 bits per heavy atom. The molecule has 1 amide bonds. The molecule has 3 aliphatic rings. The molecule has 10 heteroatoms. The SMILES string of the molecule is CCN(c1cc(-c2ccc(N3CCN(C)CC3)nc2)cc(C(=O)NCc2c3c(c(C)[nH]c2=O)CN(CC(C)C)CC3)c1C)C1CCOCC1. The molecule has 0 aliphatic carbocycles. The number of pyridine rings is 2. The smallest absolute Gasteiger partial charge is 0.253 e. The minimum Gasteiger partial charge on any atom is -0.381 e. The van der Waals surface area contributed by atoms with Crippen LogP contribution in [0.4, 0.5) is 11.5 Å². The second-order valence-corrected chi connectivity index (χ2v) is 14.6. The van der Waals surface area contributed by atoms with Gasteiger partial charge in [0.2, 0.25) is 0 Å². The Labute approximate surface area is 291 Å². The molecule has 5 heterocycles. The first-order valence-corrected chi connectivity index (χ1v) is 18.3. The zero-order valence-electron chi connectivity index (χ0n) is 30.4. The highest BCUT2D eigenvalue weighted by Gasteiger charge is 2.27. The number of anilines is 2. The zero-order valence-corrected chi connectivity index (χ0v) is 30.4. The molecule has 0 saturated carbocycles. The van der Waals surface area contributed by atoms with Crippen LogP contribution in [0.2, 0.25) is 0 Å². The van der Waals surface area contributed by atoms with Crippen LogP contribution in [0.3, 0.4) is 0 Å². The Kier molecular flexibility index (Phi) is 11.1. The summed E-state index contributed by atoms with van der Waals surface area (Å²) in [5.41, 5.74) is 8.36. The van der Waals surface area contributed by atoms with Gasteiger partial charge in [0.05, 0.1) is 0 Å². The summed E-state index contributed by atoms with van der Waals surface area (Å²) in [6.45, 7) is 19.9. The van der Waals surface area contributed by atoms with Crippen LogP contribution >= 0.6 is 0 Å². The Balaban J connectivity index is 1.30. The lowest BCUT2D eigenvalue weighted by molar-refractivity contribution is 0.0846. The van der Waals surface area contributed by atoms with Crippen LogP contribution in [-0.2, 0) is 24.2 Å². The van der Waals surface area contributed by atoms with Gasteiger partial charge in [-0.2, -0.15) is 0 Å². The predicted octanol–water partition coefficient (Wildman–Crippen LogP) is 4.75. The third-order valence-electron chi connectivity index (χ3n) is 10.7. The molecule has 264 valence electrons. The number of aryl methyl sites for hydroxylation is 1. The largest absolute Gasteiger partial charge is 0.381 e. The molecule has 2 N–H and O–H groups in total. The fourth-order valence-corrected chi connectivity index (χ4v) is 7.88. The molecule has 49 heavy (non-hydrogen) atoms. The van der Waals surface area contributed by atoms with Crippen molar-refractivity contribution in [1.82, 2.24) is 25.1 Å². The topological polar surface area (TPSA) is 97.0 Å². The maximum absolute atomic E-state index is 14.2. The molecule has 0 radical (unpaired) electrons. The molecule has 2 aromatic heterocycles. The van der Waals surface area contributed by atoms with Crippen molar-refractivity contribution in [2.45, 2.75) is 73.0 Å². The quantitative estimate of drug-likeness (QED) is 0.319. The Hall–Kier alpha value is -3.73. The van der Waals surface area contributed by atoms with Crippen LogP contribution in [0.25, 0.3) is 11.1 Å². The average molecular weight is 670 g/mol. The maximum atomic E-state index is 14.2. The molecule has 0 unspecified atom stereocenters. The summed E-state index contributed by atoms with van der Waals surface area (Å²) in [6.07, 6.45) is 4.66. The van der Waals surface area contributed by atoms with Gasteiger partial charge < -0.3 is 29.7 Å². The molecule has 2 saturated heterocycles. The van der Waals surface area contributed by atoms with Crippen LogP contribution in [-0.4, -0.2) is 97.8 Å². The molecule has 2 fully saturated rings. The van der Waals surface area contributed by atoms with Crippen molar-refractivity contribution < 1.29 is 9.53 Å². The third kappa shape index (κ3) is 7.87. The summed E-state index contributed by atoms with van der Waals surface area (Å²) in [5, 5.41) is 3.17. The van der Waals surface area contributed by atoms with E-state index in [0.717, 1.165) is 124 Å². The van der Waals surface area contributed by atoms with Crippen molar-refractivity contribution >= 4 is 17.4 Å². The number of carbonyl (C=O) groups is 1. The average Bonchev–Trinajstić information content (AvgIpc) is 3.10. The summed E-state index contributed by atoms with van der Waals surface area (Å²) in [7, 11) is 2.16. The number of benzene rings is 1. The van der Waals surface area contributed by atoms with Crippen molar-refractivity contribution in [3.05, 3.63) is 74.3 Å². The Bertz CT molecular complexity index is 1670. The number of piperazine rings is 1. The van der Waals surface area contributed by atoms with Crippen LogP contribution < -0.4 is 20.7 Å². The highest BCUT2D eigenvalue weighted by molar-refractivity contribution is 5.99. The Morgan fingerprint density at radius 1 is 1.06 bits per heavy atom. The minimum absolute atomic E-state index is 0.108. The molecule has 0 spiro atoms. The van der Waals surface area contributed by atoms with E-state index in [0.29, 0.717) is 23.1 Å². The first-order chi connectivity index (χ1) is 23.6. The summed E-state index contributed by atoms with van der Waals surface area (Å²) < 4.78 is 5.70. The second kappa shape index (κ2) is 15.4. The van der Waals surface area contributed by atoms with E-state index in [4.69, 9.17) is 9.72 Å². The van der Waals surface area contributed by atoms with E-state index < -0.39 is 0 Å². The van der Waals surface area contributed by atoms with Crippen LogP contribution in [0.15, 0.2) is 35.3 Å². The van der Waals surface area contributed by atoms with Crippen molar-refractivity contribution in [3.8, 4) is 11.1 Å². The fraction of sp³-hybridized carbons (Fsp3) is 0.564. The molecule has 0 atom stereocenters. The molecular weight excluding hydrogens is 614 g/mol. The number of nitrogens with one attached hydrogen (secondary N) is 2. The second-order valence-electron chi connectivity index (χ2n) is 14.6. The molecule has 1 aromatic carbocycles. The third-order valence-corrected chi connectivity index (χ3v) is 10.7. The number of ether oxygens (including phenoxy) is 1. The van der Waals surface area contributed by atoms with E-state index >= 15 is 0 Å². The number of hydrogen-bond donors (Lipinski definition) is 2. The lowest BCUT2D eigenvalue weighted by Gasteiger charge is -2.37. The number of nitrogens with zero attached hydrogens (tertiary/aromatic N) is 5. The van der Waals surface area contributed by atoms with Gasteiger partial charge in [-0.1, -0.05) is 13.8 Å². The van der Waals surface area contributed by atoms with Crippen LogP contribution in [0.5, 0.6) is 0 Å². The monoisotopic (exact) mass is 669 g/mol. The number of hydrogen-bond acceptors (Lipinski definition) is 8. The summed E-state index contributed by atoms with van der Waals surface area (Å²) in [4.78, 5) is 45.0. The number of likely N-dealkylation sites (N-methyl/N-ethyl adjacent to an activating group) is 1.